The van der Waals surface area contributed by atoms with E-state index in [4.69, 9.17) is 15.4 Å². The SMILES string of the molecule is CC(C)CCCOCC(C)CS(=O)(=O)Cl. The lowest BCUT2D eigenvalue weighted by atomic mass is 10.1. The van der Waals surface area contributed by atoms with Crippen LogP contribution >= 0.6 is 10.7 Å². The van der Waals surface area contributed by atoms with Crippen LogP contribution in [0.4, 0.5) is 0 Å². The fraction of sp³-hybridized carbons (Fsp3) is 1.00. The maximum Gasteiger partial charge on any atom is 0.232 e. The minimum atomic E-state index is -3.39. The van der Waals surface area contributed by atoms with E-state index in [9.17, 15) is 8.42 Å². The van der Waals surface area contributed by atoms with Gasteiger partial charge in [-0.05, 0) is 24.7 Å². The van der Waals surface area contributed by atoms with E-state index >= 15 is 0 Å². The molecule has 0 heterocycles. The quantitative estimate of drug-likeness (QED) is 0.495. The van der Waals surface area contributed by atoms with Gasteiger partial charge in [0.15, 0.2) is 0 Å². The number of hydrogen-bond donors (Lipinski definition) is 0. The Morgan fingerprint density at radius 2 is 1.87 bits per heavy atom. The molecule has 0 radical (unpaired) electrons. The average molecular weight is 257 g/mol. The van der Waals surface area contributed by atoms with Crippen LogP contribution in [-0.4, -0.2) is 27.4 Å². The topological polar surface area (TPSA) is 43.4 Å². The first-order valence-electron chi connectivity index (χ1n) is 5.31. The van der Waals surface area contributed by atoms with Crippen LogP contribution < -0.4 is 0 Å². The summed E-state index contributed by atoms with van der Waals surface area (Å²) in [6.45, 7) is 7.32. The Bertz CT molecular complexity index is 249. The molecular formula is C10H21ClO3S. The third-order valence-corrected chi connectivity index (χ3v) is 3.30. The summed E-state index contributed by atoms with van der Waals surface area (Å²) < 4.78 is 26.8. The zero-order valence-corrected chi connectivity index (χ0v) is 11.3. The molecule has 0 aromatic heterocycles. The van der Waals surface area contributed by atoms with E-state index in [1.807, 2.05) is 6.92 Å². The highest BCUT2D eigenvalue weighted by atomic mass is 35.7. The smallest absolute Gasteiger partial charge is 0.232 e. The van der Waals surface area contributed by atoms with Gasteiger partial charge in [-0.2, -0.15) is 0 Å². The normalized spacial score (nSPS) is 14.5. The summed E-state index contributed by atoms with van der Waals surface area (Å²) in [7, 11) is 1.74. The molecule has 0 aliphatic heterocycles. The average Bonchev–Trinajstić information content (AvgIpc) is 1.99. The Balaban J connectivity index is 3.44. The number of hydrogen-bond acceptors (Lipinski definition) is 3. The molecule has 0 spiro atoms. The first kappa shape index (κ1) is 15.2. The monoisotopic (exact) mass is 256 g/mol. The highest BCUT2D eigenvalue weighted by molar-refractivity contribution is 8.13. The predicted octanol–water partition coefficient (Wildman–Crippen LogP) is 2.64. The van der Waals surface area contributed by atoms with Crippen molar-refractivity contribution >= 4 is 19.7 Å². The van der Waals surface area contributed by atoms with Crippen molar-refractivity contribution < 1.29 is 13.2 Å². The fourth-order valence-electron chi connectivity index (χ4n) is 1.27. The van der Waals surface area contributed by atoms with Crippen molar-refractivity contribution in [1.29, 1.82) is 0 Å². The molecule has 0 fully saturated rings. The van der Waals surface area contributed by atoms with Gasteiger partial charge in [-0.3, -0.25) is 0 Å². The van der Waals surface area contributed by atoms with Crippen LogP contribution in [0.25, 0.3) is 0 Å². The van der Waals surface area contributed by atoms with E-state index in [1.165, 1.54) is 0 Å². The van der Waals surface area contributed by atoms with Crippen molar-refractivity contribution in [3.05, 3.63) is 0 Å². The predicted molar refractivity (Wildman–Crippen MR) is 63.7 cm³/mol. The Kier molecular flexibility index (Phi) is 7.57. The van der Waals surface area contributed by atoms with E-state index in [1.54, 1.807) is 0 Å². The van der Waals surface area contributed by atoms with Gasteiger partial charge in [0.05, 0.1) is 12.4 Å². The molecule has 0 saturated heterocycles. The molecule has 0 bridgehead atoms. The van der Waals surface area contributed by atoms with Crippen LogP contribution in [0.5, 0.6) is 0 Å². The zero-order chi connectivity index (χ0) is 11.9. The molecule has 0 rings (SSSR count). The van der Waals surface area contributed by atoms with Crippen molar-refractivity contribution in [2.75, 3.05) is 19.0 Å². The van der Waals surface area contributed by atoms with Crippen molar-refractivity contribution in [2.24, 2.45) is 11.8 Å². The third-order valence-electron chi connectivity index (χ3n) is 1.96. The molecule has 3 nitrogen and oxygen atoms in total. The molecule has 0 aliphatic rings. The highest BCUT2D eigenvalue weighted by Crippen LogP contribution is 2.07. The zero-order valence-electron chi connectivity index (χ0n) is 9.70. The summed E-state index contributed by atoms with van der Waals surface area (Å²) in [5.74, 6) is 0.638. The van der Waals surface area contributed by atoms with Crippen molar-refractivity contribution in [3.8, 4) is 0 Å². The van der Waals surface area contributed by atoms with Crippen LogP contribution in [0.3, 0.4) is 0 Å². The second-order valence-corrected chi connectivity index (χ2v) is 7.24. The molecule has 15 heavy (non-hydrogen) atoms. The van der Waals surface area contributed by atoms with Gasteiger partial charge < -0.3 is 4.74 Å². The molecule has 0 N–H and O–H groups in total. The van der Waals surface area contributed by atoms with E-state index < -0.39 is 9.05 Å². The van der Waals surface area contributed by atoms with Gasteiger partial charge in [0.1, 0.15) is 0 Å². The van der Waals surface area contributed by atoms with Crippen molar-refractivity contribution in [3.63, 3.8) is 0 Å². The lowest BCUT2D eigenvalue weighted by Gasteiger charge is -2.10. The van der Waals surface area contributed by atoms with E-state index in [-0.39, 0.29) is 11.7 Å². The van der Waals surface area contributed by atoms with Gasteiger partial charge in [-0.1, -0.05) is 20.8 Å². The van der Waals surface area contributed by atoms with E-state index in [2.05, 4.69) is 13.8 Å². The molecule has 92 valence electrons. The Morgan fingerprint density at radius 3 is 2.33 bits per heavy atom. The second-order valence-electron chi connectivity index (χ2n) is 4.42. The molecule has 1 unspecified atom stereocenters. The lowest BCUT2D eigenvalue weighted by molar-refractivity contribution is 0.105. The van der Waals surface area contributed by atoms with Crippen molar-refractivity contribution in [2.45, 2.75) is 33.6 Å². The molecule has 1 atom stereocenters. The maximum absolute atomic E-state index is 10.7. The largest absolute Gasteiger partial charge is 0.381 e. The number of halogens is 1. The Morgan fingerprint density at radius 1 is 1.27 bits per heavy atom. The molecule has 0 aromatic rings. The summed E-state index contributed by atoms with van der Waals surface area (Å²) in [5.41, 5.74) is 0. The van der Waals surface area contributed by atoms with Crippen LogP contribution in [0.1, 0.15) is 33.6 Å². The minimum absolute atomic E-state index is 0.0151. The number of ether oxygens (including phenoxy) is 1. The molecule has 5 heteroatoms. The number of rotatable bonds is 8. The van der Waals surface area contributed by atoms with Gasteiger partial charge in [0.2, 0.25) is 9.05 Å². The molecule has 0 aromatic carbocycles. The first-order valence-corrected chi connectivity index (χ1v) is 7.79. The van der Waals surface area contributed by atoms with Crippen LogP contribution in [0.15, 0.2) is 0 Å². The lowest BCUT2D eigenvalue weighted by Crippen LogP contribution is -2.15. The second kappa shape index (κ2) is 7.47. The summed E-state index contributed by atoms with van der Waals surface area (Å²) in [4.78, 5) is 0. The first-order chi connectivity index (χ1) is 6.81. The van der Waals surface area contributed by atoms with Crippen molar-refractivity contribution in [1.82, 2.24) is 0 Å². The standard InChI is InChI=1S/C10H21ClO3S/c1-9(2)5-4-6-14-7-10(3)8-15(11,12)13/h9-10H,4-8H2,1-3H3. The van der Waals surface area contributed by atoms with E-state index in [0.29, 0.717) is 19.1 Å². The fourth-order valence-corrected chi connectivity index (χ4v) is 2.69. The summed E-state index contributed by atoms with van der Waals surface area (Å²) >= 11 is 0. The summed E-state index contributed by atoms with van der Waals surface area (Å²) in [6.07, 6.45) is 2.17. The van der Waals surface area contributed by atoms with Crippen LogP contribution in [0, 0.1) is 11.8 Å². The Hall–Kier alpha value is 0.200. The summed E-state index contributed by atoms with van der Waals surface area (Å²) in [5, 5.41) is 0. The molecule has 0 amide bonds. The van der Waals surface area contributed by atoms with Gasteiger partial charge in [0, 0.05) is 17.3 Å². The van der Waals surface area contributed by atoms with Gasteiger partial charge in [-0.25, -0.2) is 8.42 Å². The third kappa shape index (κ3) is 12.1. The van der Waals surface area contributed by atoms with E-state index in [0.717, 1.165) is 12.8 Å². The minimum Gasteiger partial charge on any atom is -0.381 e. The molecular weight excluding hydrogens is 236 g/mol. The van der Waals surface area contributed by atoms with Gasteiger partial charge in [-0.15, -0.1) is 0 Å². The highest BCUT2D eigenvalue weighted by Gasteiger charge is 2.12. The maximum atomic E-state index is 10.7. The Labute approximate surface area is 97.6 Å². The molecule has 0 saturated carbocycles. The van der Waals surface area contributed by atoms with Gasteiger partial charge in [0.25, 0.3) is 0 Å². The summed E-state index contributed by atoms with van der Waals surface area (Å²) in [6, 6.07) is 0. The van der Waals surface area contributed by atoms with Crippen LogP contribution in [0.2, 0.25) is 0 Å². The van der Waals surface area contributed by atoms with Gasteiger partial charge >= 0.3 is 0 Å². The van der Waals surface area contributed by atoms with Crippen LogP contribution in [-0.2, 0) is 13.8 Å². The molecule has 0 aliphatic carbocycles.